The van der Waals surface area contributed by atoms with E-state index in [0.717, 1.165) is 24.0 Å². The molecule has 0 spiro atoms. The largest absolute Gasteiger partial charge is 0.492 e. The predicted molar refractivity (Wildman–Crippen MR) is 157 cm³/mol. The number of nitrogens with zero attached hydrogens (tertiary/aromatic N) is 3. The second kappa shape index (κ2) is 10.9. The van der Waals surface area contributed by atoms with Crippen LogP contribution in [0.15, 0.2) is 29.2 Å². The summed E-state index contributed by atoms with van der Waals surface area (Å²) in [6.07, 6.45) is 3.47. The summed E-state index contributed by atoms with van der Waals surface area (Å²) in [4.78, 5) is 52.5. The molecule has 2 N–H and O–H groups in total. The number of pyridine rings is 1. The van der Waals surface area contributed by atoms with E-state index in [1.807, 2.05) is 23.1 Å². The molecule has 2 fully saturated rings. The number of carbonyl (C=O) groups is 3. The maximum Gasteiger partial charge on any atom is 0.414 e. The van der Waals surface area contributed by atoms with Gasteiger partial charge in [-0.1, -0.05) is 6.07 Å². The zero-order valence-corrected chi connectivity index (χ0v) is 24.2. The van der Waals surface area contributed by atoms with Crippen LogP contribution in [0.1, 0.15) is 59.3 Å². The lowest BCUT2D eigenvalue weighted by molar-refractivity contribution is -0.119. The van der Waals surface area contributed by atoms with Crippen molar-refractivity contribution in [3.63, 3.8) is 0 Å². The normalized spacial score (nSPS) is 18.3. The van der Waals surface area contributed by atoms with Crippen molar-refractivity contribution < 1.29 is 33.4 Å². The van der Waals surface area contributed by atoms with Crippen molar-refractivity contribution in [3.8, 4) is 5.75 Å². The lowest BCUT2D eigenvalue weighted by atomic mass is 10.0. The third-order valence-electron chi connectivity index (χ3n) is 8.46. The van der Waals surface area contributed by atoms with Gasteiger partial charge in [0.2, 0.25) is 11.3 Å². The van der Waals surface area contributed by atoms with E-state index in [-0.39, 0.29) is 46.4 Å². The number of carbonyl (C=O) groups excluding carboxylic acids is 2. The van der Waals surface area contributed by atoms with Crippen molar-refractivity contribution in [2.24, 2.45) is 0 Å². The van der Waals surface area contributed by atoms with Crippen molar-refractivity contribution in [1.82, 2.24) is 9.88 Å². The minimum absolute atomic E-state index is 0.00575. The molecule has 0 radical (unpaired) electrons. The van der Waals surface area contributed by atoms with Gasteiger partial charge in [0.1, 0.15) is 17.4 Å². The van der Waals surface area contributed by atoms with Crippen molar-refractivity contribution in [2.75, 3.05) is 36.5 Å². The van der Waals surface area contributed by atoms with E-state index in [4.69, 9.17) is 9.47 Å². The number of rotatable bonds is 7. The number of methoxy groups -OCH3 is 1. The lowest BCUT2D eigenvalue weighted by Gasteiger charge is -2.28. The van der Waals surface area contributed by atoms with Gasteiger partial charge in [0, 0.05) is 43.5 Å². The average molecular weight is 593 g/mol. The molecule has 43 heavy (non-hydrogen) atoms. The molecule has 6 rings (SSSR count). The number of aromatic nitrogens is 1. The number of fused-ring (bicyclic) bond motifs is 2. The molecular weight excluding hydrogens is 559 g/mol. The van der Waals surface area contributed by atoms with Crippen molar-refractivity contribution in [3.05, 3.63) is 62.7 Å². The molecule has 3 heterocycles. The number of anilines is 2. The number of cyclic esters (lactones) is 1. The highest BCUT2D eigenvalue weighted by Gasteiger charge is 2.35. The Morgan fingerprint density at radius 2 is 1.98 bits per heavy atom. The fourth-order valence-electron chi connectivity index (χ4n) is 6.18. The molecule has 1 aromatic heterocycles. The molecule has 226 valence electrons. The van der Waals surface area contributed by atoms with Crippen LogP contribution in [0.5, 0.6) is 5.75 Å². The number of amides is 2. The summed E-state index contributed by atoms with van der Waals surface area (Å²) in [7, 11) is 1.44. The summed E-state index contributed by atoms with van der Waals surface area (Å²) in [5.41, 5.74) is 2.30. The van der Waals surface area contributed by atoms with E-state index in [0.29, 0.717) is 43.7 Å². The highest BCUT2D eigenvalue weighted by Crippen LogP contribution is 2.46. The molecule has 0 unspecified atom stereocenters. The molecule has 3 aromatic rings. The summed E-state index contributed by atoms with van der Waals surface area (Å²) in [5, 5.41) is 12.4. The zero-order chi connectivity index (χ0) is 30.6. The van der Waals surface area contributed by atoms with Gasteiger partial charge in [-0.25, -0.2) is 14.0 Å². The molecule has 2 aliphatic heterocycles. The highest BCUT2D eigenvalue weighted by atomic mass is 19.1. The monoisotopic (exact) mass is 592 g/mol. The quantitative estimate of drug-likeness (QED) is 0.423. The Bertz CT molecular complexity index is 1730. The molecule has 12 heteroatoms. The van der Waals surface area contributed by atoms with Gasteiger partial charge in [0.25, 0.3) is 0 Å². The first kappa shape index (κ1) is 28.5. The second-order valence-corrected chi connectivity index (χ2v) is 11.4. The number of carboxylic acid groups (broad SMARTS) is 1. The molecule has 1 saturated heterocycles. The first-order valence-corrected chi connectivity index (χ1v) is 14.4. The fourth-order valence-corrected chi connectivity index (χ4v) is 6.18. The smallest absolute Gasteiger partial charge is 0.414 e. The van der Waals surface area contributed by atoms with Crippen molar-refractivity contribution in [1.29, 1.82) is 0 Å². The predicted octanol–water partition coefficient (Wildman–Crippen LogP) is 3.90. The fraction of sp³-hybridized carbons (Fsp3) is 0.419. The third-order valence-corrected chi connectivity index (χ3v) is 8.46. The van der Waals surface area contributed by atoms with Crippen LogP contribution in [0.25, 0.3) is 10.9 Å². The number of benzene rings is 2. The van der Waals surface area contributed by atoms with E-state index < -0.39 is 29.4 Å². The number of aromatic carboxylic acids is 1. The van der Waals surface area contributed by atoms with Crippen LogP contribution >= 0.6 is 0 Å². The number of halogens is 1. The van der Waals surface area contributed by atoms with E-state index >= 15 is 4.39 Å². The van der Waals surface area contributed by atoms with E-state index in [1.54, 1.807) is 9.47 Å². The molecule has 0 bridgehead atoms. The third kappa shape index (κ3) is 5.04. The molecule has 1 atom stereocenters. The van der Waals surface area contributed by atoms with Crippen LogP contribution in [-0.4, -0.2) is 60.5 Å². The van der Waals surface area contributed by atoms with Gasteiger partial charge in [0.05, 0.1) is 31.1 Å². The molecule has 1 saturated carbocycles. The minimum Gasteiger partial charge on any atom is -0.492 e. The standard InChI is InChI=1S/C31H33FN4O7/c1-16-24-26(35(20-8-9-20)15-23(28(24)38)30(39)40)29(42-3)27(25(16)32)34-10-4-5-18-11-21(7-6-19(18)13-34)36-14-22(43-31(36)41)12-33-17(2)37/h6-7,11,15,20,22H,4-5,8-10,12-14H2,1-3H3,(H,33,37)(H,39,40)/t22-/m0/s1. The number of nitrogens with one attached hydrogen (secondary N) is 1. The Labute approximate surface area is 246 Å². The van der Waals surface area contributed by atoms with Crippen LogP contribution in [0.2, 0.25) is 0 Å². The molecule has 11 nitrogen and oxygen atoms in total. The molecular formula is C31H33FN4O7. The summed E-state index contributed by atoms with van der Waals surface area (Å²) in [6, 6.07) is 5.72. The summed E-state index contributed by atoms with van der Waals surface area (Å²) >= 11 is 0. The van der Waals surface area contributed by atoms with Gasteiger partial charge in [0.15, 0.2) is 11.6 Å². The SMILES string of the molecule is COc1c(N2CCCc3cc(N4C[C@H](CNC(C)=O)OC4=O)ccc3C2)c(F)c(C)c2c(=O)c(C(=O)O)cn(C3CC3)c12. The van der Waals surface area contributed by atoms with Crippen LogP contribution in [0.3, 0.4) is 0 Å². The molecule has 2 aromatic carbocycles. The maximum absolute atomic E-state index is 16.3. The summed E-state index contributed by atoms with van der Waals surface area (Å²) < 4.78 is 29.3. The number of carboxylic acids is 1. The topological polar surface area (TPSA) is 130 Å². The summed E-state index contributed by atoms with van der Waals surface area (Å²) in [5.74, 6) is -1.95. The highest BCUT2D eigenvalue weighted by molar-refractivity contribution is 5.99. The van der Waals surface area contributed by atoms with Crippen molar-refractivity contribution >= 4 is 40.2 Å². The Hall–Kier alpha value is -4.61. The Morgan fingerprint density at radius 3 is 2.65 bits per heavy atom. The molecule has 2 amide bonds. The number of hydrogen-bond donors (Lipinski definition) is 2. The Kier molecular flexibility index (Phi) is 7.23. The second-order valence-electron chi connectivity index (χ2n) is 11.4. The van der Waals surface area contributed by atoms with Gasteiger partial charge in [-0.15, -0.1) is 0 Å². The zero-order valence-electron chi connectivity index (χ0n) is 24.2. The number of ether oxygens (including phenoxy) is 2. The summed E-state index contributed by atoms with van der Waals surface area (Å²) in [6.45, 7) is 4.35. The van der Waals surface area contributed by atoms with Crippen LogP contribution in [-0.2, 0) is 22.5 Å². The Balaban J connectivity index is 1.38. The van der Waals surface area contributed by atoms with Gasteiger partial charge in [-0.2, -0.15) is 0 Å². The minimum atomic E-state index is -1.35. The molecule has 1 aliphatic carbocycles. The van der Waals surface area contributed by atoms with E-state index in [2.05, 4.69) is 5.32 Å². The maximum atomic E-state index is 16.3. The number of hydrogen-bond acceptors (Lipinski definition) is 7. The van der Waals surface area contributed by atoms with Gasteiger partial charge in [-0.3, -0.25) is 14.5 Å². The first-order valence-electron chi connectivity index (χ1n) is 14.4. The lowest BCUT2D eigenvalue weighted by Crippen LogP contribution is -2.33. The van der Waals surface area contributed by atoms with Gasteiger partial charge >= 0.3 is 12.1 Å². The van der Waals surface area contributed by atoms with Gasteiger partial charge < -0.3 is 29.4 Å². The van der Waals surface area contributed by atoms with Crippen molar-refractivity contribution in [2.45, 2.75) is 58.2 Å². The van der Waals surface area contributed by atoms with Crippen LogP contribution in [0.4, 0.5) is 20.6 Å². The first-order chi connectivity index (χ1) is 20.6. The molecule has 3 aliphatic rings. The van der Waals surface area contributed by atoms with Crippen LogP contribution < -0.4 is 25.3 Å². The average Bonchev–Trinajstić information content (AvgIpc) is 3.77. The van der Waals surface area contributed by atoms with Gasteiger partial charge in [-0.05, 0) is 55.9 Å². The van der Waals surface area contributed by atoms with E-state index in [1.165, 1.54) is 27.2 Å². The Morgan fingerprint density at radius 1 is 1.21 bits per heavy atom. The van der Waals surface area contributed by atoms with E-state index in [9.17, 15) is 24.3 Å². The number of aryl methyl sites for hydroxylation is 2. The van der Waals surface area contributed by atoms with Crippen LogP contribution in [0, 0.1) is 12.7 Å².